The van der Waals surface area contributed by atoms with Crippen molar-refractivity contribution >= 4 is 27.5 Å². The van der Waals surface area contributed by atoms with Crippen molar-refractivity contribution in [1.82, 2.24) is 9.97 Å². The molecule has 2 rings (SSSR count). The highest BCUT2D eigenvalue weighted by Crippen LogP contribution is 2.19. The zero-order valence-corrected chi connectivity index (χ0v) is 9.64. The molecule has 0 fully saturated rings. The largest absolute Gasteiger partial charge is 0.341 e. The second kappa shape index (κ2) is 4.15. The van der Waals surface area contributed by atoms with Gasteiger partial charge in [0.25, 0.3) is 0 Å². The van der Waals surface area contributed by atoms with Crippen LogP contribution < -0.4 is 0 Å². The van der Waals surface area contributed by atoms with E-state index >= 15 is 0 Å². The van der Waals surface area contributed by atoms with E-state index in [0.29, 0.717) is 5.88 Å². The van der Waals surface area contributed by atoms with Crippen LogP contribution in [0.4, 0.5) is 0 Å². The lowest BCUT2D eigenvalue weighted by Crippen LogP contribution is -1.80. The average Bonchev–Trinajstić information content (AvgIpc) is 2.67. The zero-order chi connectivity index (χ0) is 9.97. The van der Waals surface area contributed by atoms with Crippen LogP contribution in [0.5, 0.6) is 0 Å². The van der Waals surface area contributed by atoms with Crippen molar-refractivity contribution in [2.75, 3.05) is 0 Å². The topological polar surface area (TPSA) is 28.7 Å². The van der Waals surface area contributed by atoms with Gasteiger partial charge in [-0.25, -0.2) is 4.98 Å². The first kappa shape index (κ1) is 9.74. The van der Waals surface area contributed by atoms with Crippen LogP contribution in [0.2, 0.25) is 0 Å². The number of rotatable bonds is 2. The number of aromatic nitrogens is 2. The number of nitrogens with one attached hydrogen (secondary N) is 1. The van der Waals surface area contributed by atoms with Crippen molar-refractivity contribution < 1.29 is 0 Å². The van der Waals surface area contributed by atoms with Gasteiger partial charge in [0.2, 0.25) is 0 Å². The number of imidazole rings is 1. The third-order valence-corrected chi connectivity index (χ3v) is 2.71. The fourth-order valence-corrected chi connectivity index (χ4v) is 1.58. The molecule has 1 heterocycles. The molecule has 0 unspecified atom stereocenters. The first-order valence-corrected chi connectivity index (χ1v) is 5.48. The fourth-order valence-electron chi connectivity index (χ4n) is 1.18. The van der Waals surface area contributed by atoms with Crippen LogP contribution in [0.25, 0.3) is 11.4 Å². The number of nitrogens with zero attached hydrogens (tertiary/aromatic N) is 1. The maximum Gasteiger partial charge on any atom is 0.137 e. The Hall–Kier alpha value is -0.800. The molecule has 72 valence electrons. The summed E-state index contributed by atoms with van der Waals surface area (Å²) in [5.41, 5.74) is 1.99. The molecule has 0 aliphatic rings. The van der Waals surface area contributed by atoms with Crippen LogP contribution in [-0.2, 0) is 5.88 Å². The highest BCUT2D eigenvalue weighted by Gasteiger charge is 2.01. The highest BCUT2D eigenvalue weighted by molar-refractivity contribution is 9.10. The summed E-state index contributed by atoms with van der Waals surface area (Å²) in [7, 11) is 0. The van der Waals surface area contributed by atoms with Gasteiger partial charge in [0, 0.05) is 21.9 Å². The van der Waals surface area contributed by atoms with Crippen molar-refractivity contribution in [2.45, 2.75) is 5.88 Å². The molecule has 2 aromatic rings. The van der Waals surface area contributed by atoms with E-state index < -0.39 is 0 Å². The van der Waals surface area contributed by atoms with Crippen molar-refractivity contribution in [1.29, 1.82) is 0 Å². The SMILES string of the molecule is ClCc1cnc(-c2ccc(Br)cc2)[nH]1. The van der Waals surface area contributed by atoms with Gasteiger partial charge < -0.3 is 4.98 Å². The Labute approximate surface area is 95.5 Å². The summed E-state index contributed by atoms with van der Waals surface area (Å²) in [6, 6.07) is 7.97. The predicted molar refractivity (Wildman–Crippen MR) is 61.3 cm³/mol. The lowest BCUT2D eigenvalue weighted by molar-refractivity contribution is 1.22. The molecule has 0 bridgehead atoms. The Morgan fingerprint density at radius 3 is 2.57 bits per heavy atom. The van der Waals surface area contributed by atoms with Crippen LogP contribution in [0.15, 0.2) is 34.9 Å². The summed E-state index contributed by atoms with van der Waals surface area (Å²) in [6.45, 7) is 0. The van der Waals surface area contributed by atoms with Gasteiger partial charge in [0.1, 0.15) is 5.82 Å². The van der Waals surface area contributed by atoms with E-state index in [9.17, 15) is 0 Å². The molecule has 2 nitrogen and oxygen atoms in total. The summed E-state index contributed by atoms with van der Waals surface area (Å²) >= 11 is 9.06. The molecule has 0 saturated carbocycles. The molecule has 0 radical (unpaired) electrons. The van der Waals surface area contributed by atoms with Crippen LogP contribution in [0, 0.1) is 0 Å². The average molecular weight is 272 g/mol. The Balaban J connectivity index is 2.34. The van der Waals surface area contributed by atoms with Gasteiger partial charge >= 0.3 is 0 Å². The molecule has 14 heavy (non-hydrogen) atoms. The lowest BCUT2D eigenvalue weighted by atomic mass is 10.2. The second-order valence-corrected chi connectivity index (χ2v) is 4.08. The third-order valence-electron chi connectivity index (χ3n) is 1.89. The van der Waals surface area contributed by atoms with E-state index in [1.165, 1.54) is 0 Å². The molecule has 4 heteroatoms. The summed E-state index contributed by atoms with van der Waals surface area (Å²) in [5.74, 6) is 1.32. The Morgan fingerprint density at radius 2 is 2.00 bits per heavy atom. The van der Waals surface area contributed by atoms with Crippen molar-refractivity contribution in [2.24, 2.45) is 0 Å². The molecular weight excluding hydrogens is 263 g/mol. The summed E-state index contributed by atoms with van der Waals surface area (Å²) in [4.78, 5) is 7.37. The van der Waals surface area contributed by atoms with Gasteiger partial charge in [-0.05, 0) is 12.1 Å². The van der Waals surface area contributed by atoms with E-state index in [0.717, 1.165) is 21.6 Å². The van der Waals surface area contributed by atoms with Crippen molar-refractivity contribution in [3.63, 3.8) is 0 Å². The minimum atomic E-state index is 0.462. The standard InChI is InChI=1S/C10H8BrClN2/c11-8-3-1-7(2-4-8)10-13-6-9(5-12)14-10/h1-4,6H,5H2,(H,13,14). The number of hydrogen-bond acceptors (Lipinski definition) is 1. The maximum absolute atomic E-state index is 5.67. The van der Waals surface area contributed by atoms with Gasteiger partial charge in [-0.15, -0.1) is 11.6 Å². The number of alkyl halides is 1. The van der Waals surface area contributed by atoms with Crippen molar-refractivity contribution in [3.05, 3.63) is 40.6 Å². The molecule has 0 amide bonds. The minimum absolute atomic E-state index is 0.462. The number of benzene rings is 1. The Bertz CT molecular complexity index is 422. The van der Waals surface area contributed by atoms with Crippen molar-refractivity contribution in [3.8, 4) is 11.4 Å². The summed E-state index contributed by atoms with van der Waals surface area (Å²) in [6.07, 6.45) is 1.75. The minimum Gasteiger partial charge on any atom is -0.341 e. The summed E-state index contributed by atoms with van der Waals surface area (Å²) < 4.78 is 1.06. The number of halogens is 2. The number of hydrogen-bond donors (Lipinski definition) is 1. The normalized spacial score (nSPS) is 10.4. The first-order chi connectivity index (χ1) is 6.79. The third kappa shape index (κ3) is 1.99. The molecular formula is C10H8BrClN2. The Kier molecular flexibility index (Phi) is 2.89. The van der Waals surface area contributed by atoms with E-state index in [1.807, 2.05) is 24.3 Å². The molecule has 0 spiro atoms. The molecule has 0 aliphatic heterocycles. The zero-order valence-electron chi connectivity index (χ0n) is 7.30. The smallest absolute Gasteiger partial charge is 0.137 e. The van der Waals surface area contributed by atoms with Gasteiger partial charge in [-0.1, -0.05) is 28.1 Å². The molecule has 0 saturated heterocycles. The van der Waals surface area contributed by atoms with Crippen LogP contribution in [0.3, 0.4) is 0 Å². The van der Waals surface area contributed by atoms with E-state index in [1.54, 1.807) is 6.20 Å². The van der Waals surface area contributed by atoms with Crippen LogP contribution in [-0.4, -0.2) is 9.97 Å². The van der Waals surface area contributed by atoms with Gasteiger partial charge in [0.05, 0.1) is 5.88 Å². The quantitative estimate of drug-likeness (QED) is 0.831. The van der Waals surface area contributed by atoms with E-state index in [2.05, 4.69) is 25.9 Å². The molecule has 0 aliphatic carbocycles. The van der Waals surface area contributed by atoms with Gasteiger partial charge in [-0.2, -0.15) is 0 Å². The second-order valence-electron chi connectivity index (χ2n) is 2.90. The summed E-state index contributed by atoms with van der Waals surface area (Å²) in [5, 5.41) is 0. The number of aromatic amines is 1. The number of H-pyrrole nitrogens is 1. The molecule has 0 atom stereocenters. The fraction of sp³-hybridized carbons (Fsp3) is 0.100. The first-order valence-electron chi connectivity index (χ1n) is 4.15. The molecule has 1 aromatic heterocycles. The highest BCUT2D eigenvalue weighted by atomic mass is 79.9. The van der Waals surface area contributed by atoms with E-state index in [-0.39, 0.29) is 0 Å². The predicted octanol–water partition coefficient (Wildman–Crippen LogP) is 3.58. The Morgan fingerprint density at radius 1 is 1.29 bits per heavy atom. The molecule has 1 N–H and O–H groups in total. The maximum atomic E-state index is 5.67. The monoisotopic (exact) mass is 270 g/mol. The lowest BCUT2D eigenvalue weighted by Gasteiger charge is -1.96. The van der Waals surface area contributed by atoms with Crippen LogP contribution in [0.1, 0.15) is 5.69 Å². The molecule has 1 aromatic carbocycles. The van der Waals surface area contributed by atoms with Gasteiger partial charge in [-0.3, -0.25) is 0 Å². The van der Waals surface area contributed by atoms with Gasteiger partial charge in [0.15, 0.2) is 0 Å². The van der Waals surface area contributed by atoms with E-state index in [4.69, 9.17) is 11.6 Å². The van der Waals surface area contributed by atoms with Crippen LogP contribution >= 0.6 is 27.5 Å².